The average Bonchev–Trinajstić information content (AvgIpc) is 3.17. The van der Waals surface area contributed by atoms with Gasteiger partial charge in [0.25, 0.3) is 0 Å². The lowest BCUT2D eigenvalue weighted by Gasteiger charge is -2.10. The van der Waals surface area contributed by atoms with Crippen LogP contribution in [0.15, 0.2) is 48.9 Å². The molecule has 10 nitrogen and oxygen atoms in total. The lowest BCUT2D eigenvalue weighted by atomic mass is 10.3. The zero-order valence-corrected chi connectivity index (χ0v) is 15.8. The van der Waals surface area contributed by atoms with Gasteiger partial charge in [0.05, 0.1) is 37.4 Å². The minimum Gasteiger partial charge on any atom is -0.481 e. The molecule has 0 aliphatic heterocycles. The summed E-state index contributed by atoms with van der Waals surface area (Å²) in [5.74, 6) is 0.0738. The van der Waals surface area contributed by atoms with Crippen LogP contribution in [0.25, 0.3) is 17.0 Å². The van der Waals surface area contributed by atoms with Crippen molar-refractivity contribution in [3.8, 4) is 17.4 Å². The summed E-state index contributed by atoms with van der Waals surface area (Å²) in [5, 5.41) is 10.1. The molecule has 152 valence electrons. The molecule has 4 rings (SSSR count). The minimum atomic E-state index is -0.543. The first-order valence-corrected chi connectivity index (χ1v) is 8.85. The molecule has 0 aliphatic rings. The summed E-state index contributed by atoms with van der Waals surface area (Å²) >= 11 is 0. The van der Waals surface area contributed by atoms with E-state index in [0.29, 0.717) is 28.6 Å². The Bertz CT molecular complexity index is 1230. The Hall–Kier alpha value is -4.12. The maximum absolute atomic E-state index is 14.1. The number of methoxy groups -OCH3 is 1. The van der Waals surface area contributed by atoms with Crippen LogP contribution in [-0.4, -0.2) is 44.1 Å². The molecular formula is C19H17FN8O2. The highest BCUT2D eigenvalue weighted by atomic mass is 19.1. The molecule has 11 heteroatoms. The molecule has 0 unspecified atom stereocenters. The van der Waals surface area contributed by atoms with Gasteiger partial charge in [0.2, 0.25) is 17.6 Å². The number of hydrogen-bond acceptors (Lipinski definition) is 8. The number of halogens is 1. The Labute approximate surface area is 169 Å². The molecule has 0 saturated heterocycles. The van der Waals surface area contributed by atoms with Gasteiger partial charge < -0.3 is 21.1 Å². The van der Waals surface area contributed by atoms with Gasteiger partial charge in [0, 0.05) is 12.3 Å². The van der Waals surface area contributed by atoms with Crippen LogP contribution in [-0.2, 0) is 4.79 Å². The lowest BCUT2D eigenvalue weighted by molar-refractivity contribution is -0.114. The van der Waals surface area contributed by atoms with E-state index in [9.17, 15) is 9.18 Å². The first-order valence-electron chi connectivity index (χ1n) is 8.85. The molecule has 30 heavy (non-hydrogen) atoms. The van der Waals surface area contributed by atoms with E-state index in [1.165, 1.54) is 23.9 Å². The second-order valence-corrected chi connectivity index (χ2v) is 6.14. The first-order chi connectivity index (χ1) is 14.6. The summed E-state index contributed by atoms with van der Waals surface area (Å²) in [7, 11) is 1.51. The number of carbonyl (C=O) groups is 1. The van der Waals surface area contributed by atoms with Crippen molar-refractivity contribution >= 4 is 28.6 Å². The Kier molecular flexibility index (Phi) is 5.18. The Morgan fingerprint density at radius 1 is 1.30 bits per heavy atom. The molecule has 0 saturated carbocycles. The predicted molar refractivity (Wildman–Crippen MR) is 108 cm³/mol. The zero-order valence-electron chi connectivity index (χ0n) is 15.8. The van der Waals surface area contributed by atoms with Crippen molar-refractivity contribution in [3.63, 3.8) is 0 Å². The lowest BCUT2D eigenvalue weighted by Crippen LogP contribution is -2.21. The number of fused-ring (bicyclic) bond motifs is 1. The maximum Gasteiger partial charge on any atom is 0.238 e. The predicted octanol–water partition coefficient (Wildman–Crippen LogP) is 1.97. The smallest absolute Gasteiger partial charge is 0.238 e. The molecule has 0 fully saturated rings. The van der Waals surface area contributed by atoms with Crippen LogP contribution in [0.2, 0.25) is 0 Å². The number of pyridine rings is 2. The number of ether oxygens (including phenoxy) is 1. The minimum absolute atomic E-state index is 0.163. The van der Waals surface area contributed by atoms with E-state index in [4.69, 9.17) is 10.5 Å². The van der Waals surface area contributed by atoms with E-state index in [2.05, 4.69) is 30.7 Å². The van der Waals surface area contributed by atoms with Crippen molar-refractivity contribution in [3.05, 3.63) is 54.7 Å². The SMILES string of the molecule is COc1cccc(-c2nc(Nc3ccncc3F)c3cc(NC(=O)CN)cn3n2)n1. The molecular weight excluding hydrogens is 391 g/mol. The Morgan fingerprint density at radius 3 is 2.93 bits per heavy atom. The van der Waals surface area contributed by atoms with E-state index in [-0.39, 0.29) is 24.0 Å². The Morgan fingerprint density at radius 2 is 2.17 bits per heavy atom. The number of nitrogens with zero attached hydrogens (tertiary/aromatic N) is 5. The van der Waals surface area contributed by atoms with Crippen LogP contribution in [0.5, 0.6) is 5.88 Å². The van der Waals surface area contributed by atoms with Crippen LogP contribution in [0.4, 0.5) is 21.6 Å². The third-order valence-electron chi connectivity index (χ3n) is 4.12. The molecule has 4 aromatic heterocycles. The normalized spacial score (nSPS) is 10.8. The Balaban J connectivity index is 1.84. The second-order valence-electron chi connectivity index (χ2n) is 6.14. The molecule has 0 radical (unpaired) electrons. The molecule has 4 N–H and O–H groups in total. The van der Waals surface area contributed by atoms with Crippen molar-refractivity contribution < 1.29 is 13.9 Å². The first kappa shape index (κ1) is 19.2. The van der Waals surface area contributed by atoms with Gasteiger partial charge in [0.1, 0.15) is 11.2 Å². The zero-order chi connectivity index (χ0) is 21.1. The number of hydrogen-bond donors (Lipinski definition) is 3. The number of anilines is 3. The number of nitrogens with one attached hydrogen (secondary N) is 2. The third-order valence-corrected chi connectivity index (χ3v) is 4.12. The molecule has 4 aromatic rings. The summed E-state index contributed by atoms with van der Waals surface area (Å²) in [6.45, 7) is -0.163. The van der Waals surface area contributed by atoms with Gasteiger partial charge in [-0.05, 0) is 18.2 Å². The number of amides is 1. The van der Waals surface area contributed by atoms with Crippen molar-refractivity contribution in [1.29, 1.82) is 0 Å². The number of carbonyl (C=O) groups excluding carboxylic acids is 1. The van der Waals surface area contributed by atoms with Crippen LogP contribution in [0.1, 0.15) is 0 Å². The van der Waals surface area contributed by atoms with Crippen LogP contribution >= 0.6 is 0 Å². The molecule has 0 bridgehead atoms. The largest absolute Gasteiger partial charge is 0.481 e. The van der Waals surface area contributed by atoms with Crippen molar-refractivity contribution in [2.24, 2.45) is 5.73 Å². The van der Waals surface area contributed by atoms with E-state index >= 15 is 0 Å². The second kappa shape index (κ2) is 8.09. The van der Waals surface area contributed by atoms with Gasteiger partial charge in [-0.1, -0.05) is 6.07 Å². The maximum atomic E-state index is 14.1. The monoisotopic (exact) mass is 408 g/mol. The van der Waals surface area contributed by atoms with Gasteiger partial charge in [0.15, 0.2) is 11.6 Å². The van der Waals surface area contributed by atoms with Crippen molar-refractivity contribution in [1.82, 2.24) is 24.6 Å². The van der Waals surface area contributed by atoms with E-state index in [0.717, 1.165) is 6.20 Å². The molecule has 1 amide bonds. The van der Waals surface area contributed by atoms with E-state index < -0.39 is 5.82 Å². The van der Waals surface area contributed by atoms with Crippen LogP contribution in [0, 0.1) is 5.82 Å². The van der Waals surface area contributed by atoms with Crippen LogP contribution in [0.3, 0.4) is 0 Å². The topological polar surface area (TPSA) is 132 Å². The van der Waals surface area contributed by atoms with Gasteiger partial charge in [-0.25, -0.2) is 18.9 Å². The van der Waals surface area contributed by atoms with Crippen molar-refractivity contribution in [2.75, 3.05) is 24.3 Å². The molecule has 0 aromatic carbocycles. The summed E-state index contributed by atoms with van der Waals surface area (Å²) in [6.07, 6.45) is 4.15. The van der Waals surface area contributed by atoms with Gasteiger partial charge in [-0.3, -0.25) is 9.78 Å². The molecule has 0 atom stereocenters. The number of aromatic nitrogens is 5. The van der Waals surface area contributed by atoms with Gasteiger partial charge in [-0.2, -0.15) is 0 Å². The summed E-state index contributed by atoms with van der Waals surface area (Å²) in [5.41, 5.74) is 6.97. The number of rotatable bonds is 6. The molecule has 0 aliphatic carbocycles. The average molecular weight is 408 g/mol. The number of nitrogens with two attached hydrogens (primary N) is 1. The quantitative estimate of drug-likeness (QED) is 0.441. The molecule has 0 spiro atoms. The fourth-order valence-electron chi connectivity index (χ4n) is 2.74. The van der Waals surface area contributed by atoms with Crippen molar-refractivity contribution in [2.45, 2.75) is 0 Å². The molecule has 4 heterocycles. The highest BCUT2D eigenvalue weighted by Crippen LogP contribution is 2.27. The summed E-state index contributed by atoms with van der Waals surface area (Å²) < 4.78 is 20.8. The van der Waals surface area contributed by atoms with E-state index in [1.54, 1.807) is 30.5 Å². The van der Waals surface area contributed by atoms with E-state index in [1.807, 2.05) is 0 Å². The highest BCUT2D eigenvalue weighted by molar-refractivity contribution is 5.93. The summed E-state index contributed by atoms with van der Waals surface area (Å²) in [4.78, 5) is 24.3. The fourth-order valence-corrected chi connectivity index (χ4v) is 2.74. The fraction of sp³-hybridized carbons (Fsp3) is 0.105. The van der Waals surface area contributed by atoms with Gasteiger partial charge >= 0.3 is 0 Å². The summed E-state index contributed by atoms with van der Waals surface area (Å²) in [6, 6.07) is 8.31. The van der Waals surface area contributed by atoms with Crippen LogP contribution < -0.4 is 21.1 Å². The van der Waals surface area contributed by atoms with Gasteiger partial charge in [-0.15, -0.1) is 5.10 Å². The standard InChI is InChI=1S/C19H17FN8O2/c1-30-17-4-2-3-14(24-17)18-26-19(25-13-5-6-22-9-12(13)20)15-7-11(10-28(15)27-18)23-16(29)8-21/h2-7,9-10H,8,21H2,1H3,(H,23,29)(H,22,25,26,27). The third kappa shape index (κ3) is 3.86. The highest BCUT2D eigenvalue weighted by Gasteiger charge is 2.15.